The number of hydrogen-bond donors (Lipinski definition) is 2. The van der Waals surface area contributed by atoms with E-state index >= 15 is 0 Å². The van der Waals surface area contributed by atoms with Gasteiger partial charge in [0.1, 0.15) is 5.75 Å². The van der Waals surface area contributed by atoms with Crippen LogP contribution in [-0.4, -0.2) is 19.6 Å². The lowest BCUT2D eigenvalue weighted by Gasteiger charge is -2.10. The second-order valence-corrected chi connectivity index (χ2v) is 5.53. The Labute approximate surface area is 139 Å². The minimum Gasteiger partial charge on any atom is -0.495 e. The highest BCUT2D eigenvalue weighted by Gasteiger charge is 2.06. The Hall–Kier alpha value is -1.91. The first-order chi connectivity index (χ1) is 10.5. The molecule has 0 fully saturated rings. The smallest absolute Gasteiger partial charge is 0.243 e. The summed E-state index contributed by atoms with van der Waals surface area (Å²) >= 11 is 12.0. The Morgan fingerprint density at radius 3 is 2.41 bits per heavy atom. The average Bonchev–Trinajstić information content (AvgIpc) is 2.49. The van der Waals surface area contributed by atoms with E-state index in [0.717, 1.165) is 11.3 Å². The Morgan fingerprint density at radius 2 is 1.77 bits per heavy atom. The van der Waals surface area contributed by atoms with Crippen LogP contribution in [0.25, 0.3) is 0 Å². The fraction of sp³-hybridized carbons (Fsp3) is 0.188. The topological polar surface area (TPSA) is 50.4 Å². The molecule has 0 atom stereocenters. The molecule has 0 heterocycles. The molecule has 0 bridgehead atoms. The van der Waals surface area contributed by atoms with Crippen molar-refractivity contribution in [1.29, 1.82) is 0 Å². The first-order valence-electron chi connectivity index (χ1n) is 6.63. The van der Waals surface area contributed by atoms with Gasteiger partial charge in [0.05, 0.1) is 18.7 Å². The van der Waals surface area contributed by atoms with E-state index in [9.17, 15) is 4.79 Å². The van der Waals surface area contributed by atoms with Crippen LogP contribution in [0.15, 0.2) is 36.4 Å². The highest BCUT2D eigenvalue weighted by atomic mass is 35.5. The van der Waals surface area contributed by atoms with Gasteiger partial charge < -0.3 is 15.4 Å². The summed E-state index contributed by atoms with van der Waals surface area (Å²) in [5.74, 6) is 0.415. The monoisotopic (exact) mass is 338 g/mol. The predicted molar refractivity (Wildman–Crippen MR) is 91.3 cm³/mol. The van der Waals surface area contributed by atoms with Gasteiger partial charge >= 0.3 is 0 Å². The van der Waals surface area contributed by atoms with E-state index in [1.807, 2.05) is 19.1 Å². The van der Waals surface area contributed by atoms with E-state index in [1.165, 1.54) is 0 Å². The van der Waals surface area contributed by atoms with Crippen LogP contribution in [0.4, 0.5) is 11.4 Å². The second-order valence-electron chi connectivity index (χ2n) is 4.72. The van der Waals surface area contributed by atoms with Gasteiger partial charge in [-0.1, -0.05) is 29.3 Å². The molecule has 0 saturated heterocycles. The van der Waals surface area contributed by atoms with Crippen molar-refractivity contribution < 1.29 is 9.53 Å². The summed E-state index contributed by atoms with van der Waals surface area (Å²) in [5, 5.41) is 6.87. The average molecular weight is 339 g/mol. The van der Waals surface area contributed by atoms with Gasteiger partial charge in [-0.15, -0.1) is 0 Å². The Kier molecular flexibility index (Phi) is 5.52. The minimum atomic E-state index is -0.174. The minimum absolute atomic E-state index is 0.119. The highest BCUT2D eigenvalue weighted by molar-refractivity contribution is 6.32. The number of hydrogen-bond acceptors (Lipinski definition) is 3. The van der Waals surface area contributed by atoms with Gasteiger partial charge in [0.15, 0.2) is 0 Å². The van der Waals surface area contributed by atoms with Crippen molar-refractivity contribution in [3.8, 4) is 5.75 Å². The lowest BCUT2D eigenvalue weighted by molar-refractivity contribution is -0.114. The van der Waals surface area contributed by atoms with Crippen molar-refractivity contribution in [3.63, 3.8) is 0 Å². The fourth-order valence-corrected chi connectivity index (χ4v) is 2.27. The van der Waals surface area contributed by atoms with Crippen LogP contribution in [0, 0.1) is 6.92 Å². The maximum absolute atomic E-state index is 11.9. The molecule has 0 aliphatic carbocycles. The number of aryl methyl sites for hydroxylation is 1. The number of nitrogens with one attached hydrogen (secondary N) is 2. The van der Waals surface area contributed by atoms with Crippen molar-refractivity contribution in [2.45, 2.75) is 6.92 Å². The Balaban J connectivity index is 1.92. The van der Waals surface area contributed by atoms with Gasteiger partial charge in [-0.3, -0.25) is 4.79 Å². The van der Waals surface area contributed by atoms with Crippen LogP contribution in [0.2, 0.25) is 10.0 Å². The summed E-state index contributed by atoms with van der Waals surface area (Å²) in [4.78, 5) is 11.9. The Bertz CT molecular complexity index is 690. The number of halogens is 2. The number of rotatable bonds is 5. The number of anilines is 2. The molecule has 0 spiro atoms. The molecule has 116 valence electrons. The molecule has 0 unspecified atom stereocenters. The summed E-state index contributed by atoms with van der Waals surface area (Å²) < 4.78 is 5.07. The normalized spacial score (nSPS) is 10.2. The zero-order valence-corrected chi connectivity index (χ0v) is 13.8. The number of amides is 1. The third-order valence-electron chi connectivity index (χ3n) is 3.06. The lowest BCUT2D eigenvalue weighted by atomic mass is 10.2. The second kappa shape index (κ2) is 7.38. The molecule has 0 aliphatic rings. The quantitative estimate of drug-likeness (QED) is 0.851. The molecule has 0 saturated carbocycles. The molecule has 0 radical (unpaired) electrons. The molecule has 0 aliphatic heterocycles. The van der Waals surface area contributed by atoms with Gasteiger partial charge in [0, 0.05) is 16.4 Å². The fourth-order valence-electron chi connectivity index (χ4n) is 1.83. The third kappa shape index (κ3) is 4.29. The van der Waals surface area contributed by atoms with Gasteiger partial charge in [-0.05, 0) is 42.8 Å². The van der Waals surface area contributed by atoms with Crippen molar-refractivity contribution >= 4 is 40.5 Å². The summed E-state index contributed by atoms with van der Waals surface area (Å²) in [5.41, 5.74) is 2.36. The van der Waals surface area contributed by atoms with E-state index < -0.39 is 0 Å². The lowest BCUT2D eigenvalue weighted by Crippen LogP contribution is -2.21. The van der Waals surface area contributed by atoms with Gasteiger partial charge in [0.2, 0.25) is 5.91 Å². The van der Waals surface area contributed by atoms with Crippen molar-refractivity contribution in [3.05, 3.63) is 52.0 Å². The maximum atomic E-state index is 11.9. The van der Waals surface area contributed by atoms with Gasteiger partial charge in [0.25, 0.3) is 0 Å². The van der Waals surface area contributed by atoms with Gasteiger partial charge in [-0.2, -0.15) is 0 Å². The first kappa shape index (κ1) is 16.5. The number of benzene rings is 2. The van der Waals surface area contributed by atoms with Crippen LogP contribution in [0.5, 0.6) is 5.75 Å². The zero-order chi connectivity index (χ0) is 16.1. The molecule has 22 heavy (non-hydrogen) atoms. The van der Waals surface area contributed by atoms with E-state index in [0.29, 0.717) is 21.5 Å². The number of carbonyl (C=O) groups is 1. The van der Waals surface area contributed by atoms with Crippen molar-refractivity contribution in [2.75, 3.05) is 24.3 Å². The molecular weight excluding hydrogens is 323 g/mol. The molecule has 2 N–H and O–H groups in total. The van der Waals surface area contributed by atoms with E-state index in [2.05, 4.69) is 10.6 Å². The largest absolute Gasteiger partial charge is 0.495 e. The summed E-state index contributed by atoms with van der Waals surface area (Å²) in [7, 11) is 1.55. The van der Waals surface area contributed by atoms with Crippen LogP contribution in [0.3, 0.4) is 0 Å². The SMILES string of the molecule is COc1ccc(NCC(=O)Nc2ccc(C)c(Cl)c2)cc1Cl. The van der Waals surface area contributed by atoms with E-state index in [4.69, 9.17) is 27.9 Å². The van der Waals surface area contributed by atoms with Crippen LogP contribution in [0.1, 0.15) is 5.56 Å². The van der Waals surface area contributed by atoms with E-state index in [1.54, 1.807) is 31.4 Å². The molecule has 6 heteroatoms. The predicted octanol–water partition coefficient (Wildman–Crippen LogP) is 4.36. The number of methoxy groups -OCH3 is 1. The Morgan fingerprint density at radius 1 is 1.09 bits per heavy atom. The molecule has 4 nitrogen and oxygen atoms in total. The molecule has 2 aromatic carbocycles. The molecular formula is C16H16Cl2N2O2. The molecule has 1 amide bonds. The number of ether oxygens (including phenoxy) is 1. The standard InChI is InChI=1S/C16H16Cl2N2O2/c1-10-3-4-12(8-13(10)17)20-16(21)9-19-11-5-6-15(22-2)14(18)7-11/h3-8,19H,9H2,1-2H3,(H,20,21). The van der Waals surface area contributed by atoms with Crippen molar-refractivity contribution in [1.82, 2.24) is 0 Å². The zero-order valence-electron chi connectivity index (χ0n) is 12.2. The van der Waals surface area contributed by atoms with E-state index in [-0.39, 0.29) is 12.5 Å². The van der Waals surface area contributed by atoms with Crippen LogP contribution < -0.4 is 15.4 Å². The maximum Gasteiger partial charge on any atom is 0.243 e. The van der Waals surface area contributed by atoms with Gasteiger partial charge in [-0.25, -0.2) is 0 Å². The van der Waals surface area contributed by atoms with Crippen LogP contribution in [-0.2, 0) is 4.79 Å². The molecule has 0 aromatic heterocycles. The summed E-state index contributed by atoms with van der Waals surface area (Å²) in [6.07, 6.45) is 0. The third-order valence-corrected chi connectivity index (χ3v) is 3.76. The summed E-state index contributed by atoms with van der Waals surface area (Å²) in [6, 6.07) is 10.6. The molecule has 2 rings (SSSR count). The first-order valence-corrected chi connectivity index (χ1v) is 7.38. The van der Waals surface area contributed by atoms with Crippen molar-refractivity contribution in [2.24, 2.45) is 0 Å². The molecule has 2 aromatic rings. The number of carbonyl (C=O) groups excluding carboxylic acids is 1. The highest BCUT2D eigenvalue weighted by Crippen LogP contribution is 2.27. The summed E-state index contributed by atoms with van der Waals surface area (Å²) in [6.45, 7) is 2.02. The van der Waals surface area contributed by atoms with Crippen LogP contribution >= 0.6 is 23.2 Å².